The van der Waals surface area contributed by atoms with Crippen molar-refractivity contribution in [3.05, 3.63) is 30.5 Å². The maximum Gasteiger partial charge on any atom is 0.225 e. The van der Waals surface area contributed by atoms with Gasteiger partial charge in [-0.15, -0.1) is 0 Å². The average molecular weight is 406 g/mol. The molecule has 1 aliphatic carbocycles. The van der Waals surface area contributed by atoms with Gasteiger partial charge < -0.3 is 20.5 Å². The molecule has 2 aliphatic rings. The van der Waals surface area contributed by atoms with Crippen molar-refractivity contribution >= 4 is 28.6 Å². The number of hydrogen-bond acceptors (Lipinski definition) is 6. The molecule has 3 heterocycles. The van der Waals surface area contributed by atoms with Gasteiger partial charge in [-0.3, -0.25) is 4.79 Å². The highest BCUT2D eigenvalue weighted by molar-refractivity contribution is 5.81. The van der Waals surface area contributed by atoms with Crippen LogP contribution in [-0.2, 0) is 4.79 Å². The number of anilines is 2. The number of para-hydroxylation sites is 2. The molecular formula is C22H27N7O. The summed E-state index contributed by atoms with van der Waals surface area (Å²) in [6.45, 7) is 2.94. The molecule has 3 aromatic rings. The summed E-state index contributed by atoms with van der Waals surface area (Å²) in [5, 5.41) is 0. The molecule has 1 amide bonds. The number of carbonyl (C=O) groups excluding carboxylic acids is 1. The highest BCUT2D eigenvalue weighted by atomic mass is 16.2. The van der Waals surface area contributed by atoms with Crippen molar-refractivity contribution < 1.29 is 4.79 Å². The SMILES string of the molecule is Nc1ncc(N2CCN(C(=O)C3CCCCC3)CC2)nc1-c1nc2ccccc2[nH]1. The van der Waals surface area contributed by atoms with Gasteiger partial charge in [0.15, 0.2) is 17.3 Å². The van der Waals surface area contributed by atoms with Crippen molar-refractivity contribution in [1.82, 2.24) is 24.8 Å². The van der Waals surface area contributed by atoms with E-state index in [1.54, 1.807) is 6.20 Å². The van der Waals surface area contributed by atoms with Crippen molar-refractivity contribution in [3.63, 3.8) is 0 Å². The Morgan fingerprint density at radius 1 is 1.03 bits per heavy atom. The lowest BCUT2D eigenvalue weighted by molar-refractivity contribution is -0.136. The Hall–Kier alpha value is -3.16. The van der Waals surface area contributed by atoms with E-state index in [4.69, 9.17) is 10.7 Å². The minimum atomic E-state index is 0.223. The third-order valence-electron chi connectivity index (χ3n) is 6.27. The third kappa shape index (κ3) is 3.58. The van der Waals surface area contributed by atoms with Crippen molar-refractivity contribution in [2.45, 2.75) is 32.1 Å². The zero-order valence-corrected chi connectivity index (χ0v) is 17.0. The number of H-pyrrole nitrogens is 1. The molecule has 5 rings (SSSR count). The number of nitrogen functional groups attached to an aromatic ring is 1. The normalized spacial score (nSPS) is 18.1. The first kappa shape index (κ1) is 18.8. The molecule has 2 fully saturated rings. The van der Waals surface area contributed by atoms with Crippen LogP contribution >= 0.6 is 0 Å². The number of rotatable bonds is 3. The summed E-state index contributed by atoms with van der Waals surface area (Å²) in [5.41, 5.74) is 8.48. The average Bonchev–Trinajstić information content (AvgIpc) is 3.24. The van der Waals surface area contributed by atoms with Crippen LogP contribution in [0.4, 0.5) is 11.6 Å². The van der Waals surface area contributed by atoms with Crippen molar-refractivity contribution in [2.75, 3.05) is 36.8 Å². The maximum atomic E-state index is 12.8. The number of aromatic nitrogens is 4. The molecule has 0 unspecified atom stereocenters. The number of carbonyl (C=O) groups is 1. The van der Waals surface area contributed by atoms with Gasteiger partial charge in [0.1, 0.15) is 5.82 Å². The molecule has 8 heteroatoms. The number of nitrogens with zero attached hydrogens (tertiary/aromatic N) is 5. The van der Waals surface area contributed by atoms with Crippen LogP contribution in [0.15, 0.2) is 30.5 Å². The van der Waals surface area contributed by atoms with Gasteiger partial charge in [0.2, 0.25) is 5.91 Å². The van der Waals surface area contributed by atoms with Crippen LogP contribution < -0.4 is 10.6 Å². The summed E-state index contributed by atoms with van der Waals surface area (Å²) in [4.78, 5) is 34.0. The molecule has 1 aliphatic heterocycles. The quantitative estimate of drug-likeness (QED) is 0.694. The first-order valence-corrected chi connectivity index (χ1v) is 10.8. The Bertz CT molecular complexity index is 1020. The fourth-order valence-electron chi connectivity index (χ4n) is 4.54. The molecule has 1 saturated heterocycles. The molecule has 0 spiro atoms. The summed E-state index contributed by atoms with van der Waals surface area (Å²) in [5.74, 6) is 2.30. The summed E-state index contributed by atoms with van der Waals surface area (Å²) < 4.78 is 0. The zero-order chi connectivity index (χ0) is 20.5. The predicted octanol–water partition coefficient (Wildman–Crippen LogP) is 2.83. The molecule has 0 atom stereocenters. The monoisotopic (exact) mass is 405 g/mol. The van der Waals surface area contributed by atoms with E-state index >= 15 is 0 Å². The van der Waals surface area contributed by atoms with Crippen LogP contribution in [0.3, 0.4) is 0 Å². The van der Waals surface area contributed by atoms with Crippen LogP contribution in [0.25, 0.3) is 22.6 Å². The van der Waals surface area contributed by atoms with Gasteiger partial charge >= 0.3 is 0 Å². The van der Waals surface area contributed by atoms with Gasteiger partial charge in [0, 0.05) is 32.1 Å². The summed E-state index contributed by atoms with van der Waals surface area (Å²) in [7, 11) is 0. The number of benzene rings is 1. The number of piperazine rings is 1. The minimum Gasteiger partial charge on any atom is -0.382 e. The Balaban J connectivity index is 1.31. The Morgan fingerprint density at radius 3 is 2.57 bits per heavy atom. The van der Waals surface area contributed by atoms with E-state index in [1.165, 1.54) is 19.3 Å². The largest absolute Gasteiger partial charge is 0.382 e. The molecule has 30 heavy (non-hydrogen) atoms. The van der Waals surface area contributed by atoms with E-state index in [1.807, 2.05) is 29.2 Å². The van der Waals surface area contributed by atoms with Gasteiger partial charge in [0.05, 0.1) is 17.2 Å². The molecule has 156 valence electrons. The van der Waals surface area contributed by atoms with Crippen molar-refractivity contribution in [3.8, 4) is 11.5 Å². The van der Waals surface area contributed by atoms with E-state index in [0.29, 0.717) is 23.2 Å². The van der Waals surface area contributed by atoms with E-state index in [-0.39, 0.29) is 5.92 Å². The molecule has 8 nitrogen and oxygen atoms in total. The van der Waals surface area contributed by atoms with E-state index in [0.717, 1.165) is 55.9 Å². The highest BCUT2D eigenvalue weighted by Crippen LogP contribution is 2.27. The second-order valence-corrected chi connectivity index (χ2v) is 8.21. The van der Waals surface area contributed by atoms with E-state index in [2.05, 4.69) is 19.9 Å². The van der Waals surface area contributed by atoms with Gasteiger partial charge in [-0.25, -0.2) is 15.0 Å². The third-order valence-corrected chi connectivity index (χ3v) is 6.27. The zero-order valence-electron chi connectivity index (χ0n) is 17.0. The number of amides is 1. The topological polar surface area (TPSA) is 104 Å². The number of aromatic amines is 1. The van der Waals surface area contributed by atoms with Crippen LogP contribution in [0.1, 0.15) is 32.1 Å². The molecule has 2 aromatic heterocycles. The predicted molar refractivity (Wildman–Crippen MR) is 117 cm³/mol. The maximum absolute atomic E-state index is 12.8. The second kappa shape index (κ2) is 7.93. The lowest BCUT2D eigenvalue weighted by Gasteiger charge is -2.37. The lowest BCUT2D eigenvalue weighted by Crippen LogP contribution is -2.50. The van der Waals surface area contributed by atoms with Crippen molar-refractivity contribution in [2.24, 2.45) is 5.92 Å². The summed E-state index contributed by atoms with van der Waals surface area (Å²) in [6, 6.07) is 7.84. The molecule has 1 saturated carbocycles. The number of hydrogen-bond donors (Lipinski definition) is 2. The van der Waals surface area contributed by atoms with Crippen LogP contribution in [-0.4, -0.2) is 56.9 Å². The first-order valence-electron chi connectivity index (χ1n) is 10.8. The minimum absolute atomic E-state index is 0.223. The molecular weight excluding hydrogens is 378 g/mol. The Kier molecular flexibility index (Phi) is 4.98. The fraction of sp³-hybridized carbons (Fsp3) is 0.455. The van der Waals surface area contributed by atoms with Gasteiger partial charge in [-0.05, 0) is 25.0 Å². The van der Waals surface area contributed by atoms with Crippen LogP contribution in [0, 0.1) is 5.92 Å². The highest BCUT2D eigenvalue weighted by Gasteiger charge is 2.29. The number of imidazole rings is 1. The summed E-state index contributed by atoms with van der Waals surface area (Å²) in [6.07, 6.45) is 7.43. The molecule has 0 radical (unpaired) electrons. The lowest BCUT2D eigenvalue weighted by atomic mass is 9.88. The van der Waals surface area contributed by atoms with E-state index in [9.17, 15) is 4.79 Å². The number of nitrogens with one attached hydrogen (secondary N) is 1. The molecule has 0 bridgehead atoms. The second-order valence-electron chi connectivity index (χ2n) is 8.21. The standard InChI is InChI=1S/C22H27N7O/c23-20-19(21-25-16-8-4-5-9-17(16)26-21)27-18(14-24-20)28-10-12-29(13-11-28)22(30)15-6-2-1-3-7-15/h4-5,8-9,14-15H,1-3,6-7,10-13H2,(H2,23,24)(H,25,26). The van der Waals surface area contributed by atoms with Crippen molar-refractivity contribution in [1.29, 1.82) is 0 Å². The smallest absolute Gasteiger partial charge is 0.225 e. The summed E-state index contributed by atoms with van der Waals surface area (Å²) >= 11 is 0. The van der Waals surface area contributed by atoms with Gasteiger partial charge in [-0.2, -0.15) is 0 Å². The number of fused-ring (bicyclic) bond motifs is 1. The molecule has 3 N–H and O–H groups in total. The van der Waals surface area contributed by atoms with Gasteiger partial charge in [0.25, 0.3) is 0 Å². The van der Waals surface area contributed by atoms with Crippen LogP contribution in [0.5, 0.6) is 0 Å². The fourth-order valence-corrected chi connectivity index (χ4v) is 4.54. The number of nitrogens with two attached hydrogens (primary N) is 1. The van der Waals surface area contributed by atoms with Gasteiger partial charge in [-0.1, -0.05) is 31.4 Å². The van der Waals surface area contributed by atoms with E-state index < -0.39 is 0 Å². The first-order chi connectivity index (χ1) is 14.7. The Labute approximate surface area is 175 Å². The Morgan fingerprint density at radius 2 is 1.80 bits per heavy atom. The molecule has 1 aromatic carbocycles. The van der Waals surface area contributed by atoms with Crippen LogP contribution in [0.2, 0.25) is 0 Å².